The molecule has 1 aliphatic carbocycles. The lowest BCUT2D eigenvalue weighted by atomic mass is 9.90. The number of hydrogen-bond donors (Lipinski definition) is 1. The molecule has 1 N–H and O–H groups in total. The molecule has 2 aromatic rings. The lowest BCUT2D eigenvalue weighted by molar-refractivity contribution is -0.139. The number of rotatable bonds is 5. The molecule has 2 aliphatic rings. The van der Waals surface area contributed by atoms with E-state index in [1.54, 1.807) is 0 Å². The van der Waals surface area contributed by atoms with Gasteiger partial charge in [-0.15, -0.1) is 23.1 Å². The minimum absolute atomic E-state index is 0.211. The first-order valence-corrected chi connectivity index (χ1v) is 12.2. The second-order valence-electron chi connectivity index (χ2n) is 8.01. The predicted molar refractivity (Wildman–Crippen MR) is 115 cm³/mol. The Morgan fingerprint density at radius 3 is 2.67 bits per heavy atom. The zero-order valence-corrected chi connectivity index (χ0v) is 19.0. The van der Waals surface area contributed by atoms with Crippen LogP contribution in [0, 0.1) is 0 Å². The summed E-state index contributed by atoms with van der Waals surface area (Å²) in [4.78, 5) is 17.6. The number of thiazole rings is 1. The number of anilines is 1. The Morgan fingerprint density at radius 2 is 2.00 bits per heavy atom. The van der Waals surface area contributed by atoms with E-state index < -0.39 is 29.4 Å². The second kappa shape index (κ2) is 9.28. The number of fused-ring (bicyclic) bond motifs is 1. The topological polar surface area (TPSA) is 62.7 Å². The first-order chi connectivity index (χ1) is 15.5. The Kier molecular flexibility index (Phi) is 6.77. The number of halogens is 5. The van der Waals surface area contributed by atoms with Crippen molar-refractivity contribution >= 4 is 34.8 Å². The van der Waals surface area contributed by atoms with Gasteiger partial charge in [0.05, 0.1) is 21.6 Å². The van der Waals surface area contributed by atoms with E-state index in [-0.39, 0.29) is 48.9 Å². The molecule has 0 amide bonds. The standard InChI is InChI=1S/C21H21F5N2O3S2/c22-20(23)4-2-12(3-5-20)28-6-1-7-32-16-9-15(13(8-14(16)28)21(24,25)26)31-10-17-18(19(29)30)27-11-33-17/h8-9,11-12H,1-7,10H2,(H,29,30). The molecule has 0 saturated heterocycles. The zero-order chi connectivity index (χ0) is 23.8. The largest absolute Gasteiger partial charge is 0.487 e. The summed E-state index contributed by atoms with van der Waals surface area (Å²) in [6.07, 6.45) is -4.10. The number of aromatic nitrogens is 1. The zero-order valence-electron chi connectivity index (χ0n) is 17.3. The fourth-order valence-electron chi connectivity index (χ4n) is 4.17. The first kappa shape index (κ1) is 24.1. The first-order valence-electron chi connectivity index (χ1n) is 10.4. The van der Waals surface area contributed by atoms with E-state index in [4.69, 9.17) is 9.84 Å². The van der Waals surface area contributed by atoms with Crippen molar-refractivity contribution in [3.05, 3.63) is 33.8 Å². The van der Waals surface area contributed by atoms with E-state index in [1.807, 2.05) is 4.90 Å². The maximum absolute atomic E-state index is 14.0. The van der Waals surface area contributed by atoms with Gasteiger partial charge in [-0.1, -0.05) is 0 Å². The SMILES string of the molecule is O=C(O)c1ncsc1COc1cc2c(cc1C(F)(F)F)N(C1CCC(F)(F)CC1)CCCS2. The van der Waals surface area contributed by atoms with Crippen LogP contribution in [0.2, 0.25) is 0 Å². The molecule has 2 heterocycles. The van der Waals surface area contributed by atoms with Crippen molar-refractivity contribution in [1.29, 1.82) is 0 Å². The van der Waals surface area contributed by atoms with E-state index in [0.29, 0.717) is 29.3 Å². The number of hydrogen-bond acceptors (Lipinski definition) is 6. The summed E-state index contributed by atoms with van der Waals surface area (Å²) in [5, 5.41) is 9.16. The highest BCUT2D eigenvalue weighted by Crippen LogP contribution is 2.47. The van der Waals surface area contributed by atoms with E-state index in [9.17, 15) is 26.7 Å². The molecule has 12 heteroatoms. The van der Waals surface area contributed by atoms with Crippen molar-refractivity contribution in [3.63, 3.8) is 0 Å². The van der Waals surface area contributed by atoms with Gasteiger partial charge in [0.2, 0.25) is 5.92 Å². The molecule has 1 fully saturated rings. The van der Waals surface area contributed by atoms with Gasteiger partial charge in [0, 0.05) is 30.3 Å². The number of thioether (sulfide) groups is 1. The van der Waals surface area contributed by atoms with Gasteiger partial charge in [-0.2, -0.15) is 13.2 Å². The van der Waals surface area contributed by atoms with Gasteiger partial charge >= 0.3 is 12.1 Å². The number of carboxylic acids is 1. The van der Waals surface area contributed by atoms with E-state index in [1.165, 1.54) is 23.3 Å². The normalized spacial score (nSPS) is 19.1. The third-order valence-corrected chi connectivity index (χ3v) is 7.74. The van der Waals surface area contributed by atoms with Crippen LogP contribution in [0.5, 0.6) is 5.75 Å². The van der Waals surface area contributed by atoms with E-state index >= 15 is 0 Å². The van der Waals surface area contributed by atoms with Gasteiger partial charge < -0.3 is 14.7 Å². The minimum Gasteiger partial charge on any atom is -0.487 e. The number of alkyl halides is 5. The summed E-state index contributed by atoms with van der Waals surface area (Å²) in [5.74, 6) is -3.72. The maximum Gasteiger partial charge on any atom is 0.420 e. The van der Waals surface area contributed by atoms with Gasteiger partial charge in [-0.25, -0.2) is 18.6 Å². The van der Waals surface area contributed by atoms with Crippen LogP contribution in [0.25, 0.3) is 0 Å². The molecule has 180 valence electrons. The Balaban J connectivity index is 1.66. The molecule has 33 heavy (non-hydrogen) atoms. The minimum atomic E-state index is -4.71. The molecular formula is C21H21F5N2O3S2. The maximum atomic E-state index is 14.0. The monoisotopic (exact) mass is 508 g/mol. The molecule has 1 aromatic heterocycles. The molecule has 4 rings (SSSR count). The van der Waals surface area contributed by atoms with E-state index in [0.717, 1.165) is 17.4 Å². The van der Waals surface area contributed by atoms with E-state index in [2.05, 4.69) is 4.98 Å². The molecule has 5 nitrogen and oxygen atoms in total. The van der Waals surface area contributed by atoms with Crippen LogP contribution >= 0.6 is 23.1 Å². The third kappa shape index (κ3) is 5.37. The van der Waals surface area contributed by atoms with Gasteiger partial charge in [0.15, 0.2) is 5.69 Å². The van der Waals surface area contributed by atoms with Crippen molar-refractivity contribution in [1.82, 2.24) is 4.98 Å². The average Bonchev–Trinajstić information content (AvgIpc) is 3.12. The second-order valence-corrected chi connectivity index (χ2v) is 10.1. The Labute approximate surface area is 194 Å². The van der Waals surface area contributed by atoms with Crippen molar-refractivity contribution in [2.24, 2.45) is 0 Å². The molecule has 0 unspecified atom stereocenters. The van der Waals surface area contributed by atoms with Crippen LogP contribution in [0.15, 0.2) is 22.5 Å². The van der Waals surface area contributed by atoms with Crippen LogP contribution in [-0.4, -0.2) is 40.3 Å². The Morgan fingerprint density at radius 1 is 1.27 bits per heavy atom. The van der Waals surface area contributed by atoms with Crippen molar-refractivity contribution in [3.8, 4) is 5.75 Å². The van der Waals surface area contributed by atoms with Crippen LogP contribution in [-0.2, 0) is 12.8 Å². The molecule has 1 aromatic carbocycles. The molecule has 0 radical (unpaired) electrons. The third-order valence-electron chi connectivity index (χ3n) is 5.81. The number of aromatic carboxylic acids is 1. The number of carbonyl (C=O) groups is 1. The summed E-state index contributed by atoms with van der Waals surface area (Å²) >= 11 is 2.39. The Bertz CT molecular complexity index is 1020. The highest BCUT2D eigenvalue weighted by molar-refractivity contribution is 7.99. The van der Waals surface area contributed by atoms with Crippen LogP contribution in [0.3, 0.4) is 0 Å². The Hall–Kier alpha value is -2.08. The quantitative estimate of drug-likeness (QED) is 0.477. The van der Waals surface area contributed by atoms with Gasteiger partial charge in [0.25, 0.3) is 0 Å². The van der Waals surface area contributed by atoms with Gasteiger partial charge in [-0.05, 0) is 37.1 Å². The molecule has 1 aliphatic heterocycles. The highest BCUT2D eigenvalue weighted by atomic mass is 32.2. The molecule has 1 saturated carbocycles. The molecule has 0 bridgehead atoms. The van der Waals surface area contributed by atoms with Crippen LogP contribution in [0.1, 0.15) is 53.0 Å². The lowest BCUT2D eigenvalue weighted by Crippen LogP contribution is -2.41. The summed E-state index contributed by atoms with van der Waals surface area (Å²) in [6.45, 7) is 0.136. The average molecular weight is 509 g/mol. The fraction of sp³-hybridized carbons (Fsp3) is 0.524. The van der Waals surface area contributed by atoms with Crippen molar-refractivity contribution in [2.45, 2.75) is 61.7 Å². The lowest BCUT2D eigenvalue weighted by Gasteiger charge is -2.38. The highest BCUT2D eigenvalue weighted by Gasteiger charge is 2.40. The van der Waals surface area contributed by atoms with Crippen LogP contribution in [0.4, 0.5) is 27.6 Å². The number of carboxylic acid groups (broad SMARTS) is 1. The smallest absolute Gasteiger partial charge is 0.420 e. The van der Waals surface area contributed by atoms with Crippen LogP contribution < -0.4 is 9.64 Å². The number of benzene rings is 1. The number of ether oxygens (including phenoxy) is 1. The molecular weight excluding hydrogens is 487 g/mol. The summed E-state index contributed by atoms with van der Waals surface area (Å²) in [5.41, 5.74) is 0.455. The van der Waals surface area contributed by atoms with Gasteiger partial charge in [0.1, 0.15) is 12.4 Å². The molecule has 0 atom stereocenters. The summed E-state index contributed by atoms with van der Waals surface area (Å²) in [6, 6.07) is 2.13. The summed E-state index contributed by atoms with van der Waals surface area (Å²) < 4.78 is 74.6. The van der Waals surface area contributed by atoms with Crippen molar-refractivity contribution in [2.75, 3.05) is 17.2 Å². The van der Waals surface area contributed by atoms with Crippen molar-refractivity contribution < 1.29 is 36.6 Å². The summed E-state index contributed by atoms with van der Waals surface area (Å²) in [7, 11) is 0. The molecule has 0 spiro atoms. The fourth-order valence-corrected chi connectivity index (χ4v) is 5.85. The predicted octanol–water partition coefficient (Wildman–Crippen LogP) is 6.32. The van der Waals surface area contributed by atoms with Gasteiger partial charge in [-0.3, -0.25) is 0 Å². The number of nitrogens with zero attached hydrogens (tertiary/aromatic N) is 2.